The Hall–Kier alpha value is -1.58. The average molecular weight is 279 g/mol. The SMILES string of the molecule is CC(C)(C)NC(=O)/C(C#N)=C\N1CCN(CCN)CC1. The van der Waals surface area contributed by atoms with Gasteiger partial charge in [0, 0.05) is 51.0 Å². The first kappa shape index (κ1) is 16.5. The first-order valence-corrected chi connectivity index (χ1v) is 6.96. The van der Waals surface area contributed by atoms with E-state index in [1.165, 1.54) is 0 Å². The Morgan fingerprint density at radius 1 is 1.35 bits per heavy atom. The molecule has 0 atom stereocenters. The molecular weight excluding hydrogens is 254 g/mol. The molecule has 0 saturated carbocycles. The third kappa shape index (κ3) is 5.59. The number of nitriles is 1. The summed E-state index contributed by atoms with van der Waals surface area (Å²) in [6.07, 6.45) is 1.67. The van der Waals surface area contributed by atoms with E-state index in [-0.39, 0.29) is 17.0 Å². The van der Waals surface area contributed by atoms with Crippen LogP contribution >= 0.6 is 0 Å². The van der Waals surface area contributed by atoms with Crippen LogP contribution in [-0.4, -0.2) is 60.5 Å². The highest BCUT2D eigenvalue weighted by Gasteiger charge is 2.19. The molecule has 20 heavy (non-hydrogen) atoms. The Bertz CT molecular complexity index is 397. The summed E-state index contributed by atoms with van der Waals surface area (Å²) in [5.74, 6) is -0.315. The summed E-state index contributed by atoms with van der Waals surface area (Å²) in [7, 11) is 0. The van der Waals surface area contributed by atoms with Crippen molar-refractivity contribution in [2.75, 3.05) is 39.3 Å². The van der Waals surface area contributed by atoms with E-state index in [2.05, 4.69) is 10.2 Å². The maximum atomic E-state index is 12.0. The van der Waals surface area contributed by atoms with E-state index in [0.29, 0.717) is 6.54 Å². The number of nitrogens with one attached hydrogen (secondary N) is 1. The number of carbonyl (C=O) groups excluding carboxylic acids is 1. The van der Waals surface area contributed by atoms with Crippen LogP contribution in [0, 0.1) is 11.3 Å². The largest absolute Gasteiger partial charge is 0.374 e. The Labute approximate surface area is 121 Å². The summed E-state index contributed by atoms with van der Waals surface area (Å²) in [5, 5.41) is 11.9. The molecule has 1 saturated heterocycles. The average Bonchev–Trinajstić information content (AvgIpc) is 2.36. The minimum absolute atomic E-state index is 0.159. The number of hydrogen-bond donors (Lipinski definition) is 2. The van der Waals surface area contributed by atoms with Crippen molar-refractivity contribution in [1.29, 1.82) is 5.26 Å². The molecule has 6 heteroatoms. The van der Waals surface area contributed by atoms with Gasteiger partial charge in [-0.1, -0.05) is 0 Å². The highest BCUT2D eigenvalue weighted by Crippen LogP contribution is 2.07. The lowest BCUT2D eigenvalue weighted by atomic mass is 10.1. The zero-order chi connectivity index (χ0) is 15.2. The quantitative estimate of drug-likeness (QED) is 0.554. The van der Waals surface area contributed by atoms with Crippen molar-refractivity contribution in [3.8, 4) is 6.07 Å². The predicted molar refractivity (Wildman–Crippen MR) is 78.7 cm³/mol. The molecule has 0 aromatic rings. The normalized spacial score (nSPS) is 17.8. The van der Waals surface area contributed by atoms with Gasteiger partial charge in [-0.25, -0.2) is 0 Å². The van der Waals surface area contributed by atoms with Gasteiger partial charge in [-0.2, -0.15) is 5.26 Å². The first-order chi connectivity index (χ1) is 9.35. The van der Waals surface area contributed by atoms with Crippen molar-refractivity contribution in [3.63, 3.8) is 0 Å². The second kappa shape index (κ2) is 7.27. The zero-order valence-electron chi connectivity index (χ0n) is 12.6. The van der Waals surface area contributed by atoms with Crippen LogP contribution in [0.5, 0.6) is 0 Å². The minimum atomic E-state index is -0.340. The minimum Gasteiger partial charge on any atom is -0.374 e. The molecule has 1 amide bonds. The summed E-state index contributed by atoms with van der Waals surface area (Å²) >= 11 is 0. The zero-order valence-corrected chi connectivity index (χ0v) is 12.6. The van der Waals surface area contributed by atoms with Crippen molar-refractivity contribution in [2.24, 2.45) is 5.73 Å². The van der Waals surface area contributed by atoms with Crippen molar-refractivity contribution in [3.05, 3.63) is 11.8 Å². The van der Waals surface area contributed by atoms with E-state index in [1.54, 1.807) is 6.20 Å². The van der Waals surface area contributed by atoms with Gasteiger partial charge in [0.05, 0.1) is 0 Å². The molecule has 0 aromatic heterocycles. The molecule has 0 bridgehead atoms. The van der Waals surface area contributed by atoms with Gasteiger partial charge in [-0.15, -0.1) is 0 Å². The third-order valence-electron chi connectivity index (χ3n) is 3.02. The molecule has 6 nitrogen and oxygen atoms in total. The van der Waals surface area contributed by atoms with Gasteiger partial charge >= 0.3 is 0 Å². The van der Waals surface area contributed by atoms with Gasteiger partial charge in [0.2, 0.25) is 0 Å². The second-order valence-electron chi connectivity index (χ2n) is 6.02. The van der Waals surface area contributed by atoms with Crippen LogP contribution in [0.4, 0.5) is 0 Å². The molecular formula is C14H25N5O. The van der Waals surface area contributed by atoms with E-state index in [4.69, 9.17) is 11.0 Å². The van der Waals surface area contributed by atoms with Crippen molar-refractivity contribution >= 4 is 5.91 Å². The number of hydrogen-bond acceptors (Lipinski definition) is 5. The van der Waals surface area contributed by atoms with E-state index < -0.39 is 0 Å². The van der Waals surface area contributed by atoms with Gasteiger partial charge in [-0.05, 0) is 20.8 Å². The van der Waals surface area contributed by atoms with Crippen LogP contribution in [0.1, 0.15) is 20.8 Å². The fraction of sp³-hybridized carbons (Fsp3) is 0.714. The van der Waals surface area contributed by atoms with Crippen LogP contribution in [0.3, 0.4) is 0 Å². The molecule has 1 heterocycles. The van der Waals surface area contributed by atoms with Crippen LogP contribution in [-0.2, 0) is 4.79 Å². The molecule has 1 rings (SSSR count). The monoisotopic (exact) mass is 279 g/mol. The van der Waals surface area contributed by atoms with Gasteiger partial charge < -0.3 is 16.0 Å². The molecule has 112 valence electrons. The number of nitrogens with two attached hydrogens (primary N) is 1. The third-order valence-corrected chi connectivity index (χ3v) is 3.02. The van der Waals surface area contributed by atoms with Crippen LogP contribution in [0.2, 0.25) is 0 Å². The van der Waals surface area contributed by atoms with Crippen molar-refractivity contribution < 1.29 is 4.79 Å². The van der Waals surface area contributed by atoms with E-state index in [0.717, 1.165) is 32.7 Å². The molecule has 3 N–H and O–H groups in total. The number of rotatable bonds is 4. The fourth-order valence-electron chi connectivity index (χ4n) is 2.03. The lowest BCUT2D eigenvalue weighted by Gasteiger charge is -2.34. The van der Waals surface area contributed by atoms with Crippen LogP contribution in [0.25, 0.3) is 0 Å². The van der Waals surface area contributed by atoms with Gasteiger partial charge in [0.15, 0.2) is 0 Å². The standard InChI is InChI=1S/C14H25N5O/c1-14(2,3)17-13(20)12(10-16)11-19-8-6-18(5-4-15)7-9-19/h11H,4-9,15H2,1-3H3,(H,17,20)/b12-11-. The molecule has 0 aliphatic carbocycles. The number of carbonyl (C=O) groups is 1. The lowest BCUT2D eigenvalue weighted by Crippen LogP contribution is -2.46. The Morgan fingerprint density at radius 3 is 2.40 bits per heavy atom. The summed E-state index contributed by atoms with van der Waals surface area (Å²) in [4.78, 5) is 16.3. The van der Waals surface area contributed by atoms with Crippen LogP contribution < -0.4 is 11.1 Å². The number of nitrogens with zero attached hydrogens (tertiary/aromatic N) is 3. The van der Waals surface area contributed by atoms with Crippen molar-refractivity contribution in [1.82, 2.24) is 15.1 Å². The molecule has 1 aliphatic heterocycles. The number of amides is 1. The highest BCUT2D eigenvalue weighted by atomic mass is 16.1. The summed E-state index contributed by atoms with van der Waals surface area (Å²) in [6, 6.07) is 1.98. The maximum Gasteiger partial charge on any atom is 0.263 e. The summed E-state index contributed by atoms with van der Waals surface area (Å²) in [5.41, 5.74) is 5.35. The van der Waals surface area contributed by atoms with Gasteiger partial charge in [-0.3, -0.25) is 9.69 Å². The first-order valence-electron chi connectivity index (χ1n) is 6.96. The predicted octanol–water partition coefficient (Wildman–Crippen LogP) is -0.115. The topological polar surface area (TPSA) is 85.4 Å². The Balaban J connectivity index is 2.59. The van der Waals surface area contributed by atoms with E-state index in [9.17, 15) is 4.79 Å². The highest BCUT2D eigenvalue weighted by molar-refractivity contribution is 5.97. The van der Waals surface area contributed by atoms with Gasteiger partial charge in [0.25, 0.3) is 5.91 Å². The molecule has 0 spiro atoms. The maximum absolute atomic E-state index is 12.0. The summed E-state index contributed by atoms with van der Waals surface area (Å²) < 4.78 is 0. The molecule has 1 aliphatic rings. The van der Waals surface area contributed by atoms with Gasteiger partial charge in [0.1, 0.15) is 11.6 Å². The number of piperazine rings is 1. The lowest BCUT2D eigenvalue weighted by molar-refractivity contribution is -0.118. The van der Waals surface area contributed by atoms with E-state index >= 15 is 0 Å². The Kier molecular flexibility index (Phi) is 5.99. The molecule has 0 radical (unpaired) electrons. The molecule has 1 fully saturated rings. The Morgan fingerprint density at radius 2 is 1.95 bits per heavy atom. The fourth-order valence-corrected chi connectivity index (χ4v) is 2.03. The summed E-state index contributed by atoms with van der Waals surface area (Å²) in [6.45, 7) is 10.7. The molecule has 0 aromatic carbocycles. The smallest absolute Gasteiger partial charge is 0.263 e. The van der Waals surface area contributed by atoms with Crippen molar-refractivity contribution in [2.45, 2.75) is 26.3 Å². The van der Waals surface area contributed by atoms with E-state index in [1.807, 2.05) is 31.7 Å². The molecule has 0 unspecified atom stereocenters. The second-order valence-corrected chi connectivity index (χ2v) is 6.02. The van der Waals surface area contributed by atoms with Crippen LogP contribution in [0.15, 0.2) is 11.8 Å².